The second-order valence-corrected chi connectivity index (χ2v) is 9.02. The zero-order chi connectivity index (χ0) is 18.5. The second-order valence-electron chi connectivity index (χ2n) is 8.05. The van der Waals surface area contributed by atoms with Gasteiger partial charge in [-0.2, -0.15) is 0 Å². The minimum atomic E-state index is 0.523. The number of thiophene rings is 1. The van der Waals surface area contributed by atoms with Crippen LogP contribution in [0, 0.1) is 11.8 Å². The highest BCUT2D eigenvalue weighted by atomic mass is 32.1. The van der Waals surface area contributed by atoms with Crippen LogP contribution in [0.4, 0.5) is 0 Å². The first-order chi connectivity index (χ1) is 12.6. The third-order valence-corrected chi connectivity index (χ3v) is 6.85. The molecule has 3 atom stereocenters. The predicted molar refractivity (Wildman–Crippen MR) is 112 cm³/mol. The molecule has 1 saturated carbocycles. The van der Waals surface area contributed by atoms with E-state index in [1.54, 1.807) is 0 Å². The van der Waals surface area contributed by atoms with Gasteiger partial charge in [0, 0.05) is 37.1 Å². The van der Waals surface area contributed by atoms with Gasteiger partial charge < -0.3 is 15.5 Å². The number of rotatable bonds is 7. The van der Waals surface area contributed by atoms with Crippen LogP contribution in [0.5, 0.6) is 0 Å². The van der Waals surface area contributed by atoms with Crippen LogP contribution in [0.15, 0.2) is 22.5 Å². The van der Waals surface area contributed by atoms with Crippen molar-refractivity contribution in [2.24, 2.45) is 16.8 Å². The summed E-state index contributed by atoms with van der Waals surface area (Å²) in [5.74, 6) is 2.42. The average molecular weight is 378 g/mol. The van der Waals surface area contributed by atoms with Crippen molar-refractivity contribution in [2.45, 2.75) is 37.8 Å². The highest BCUT2D eigenvalue weighted by molar-refractivity contribution is 7.10. The Morgan fingerprint density at radius 1 is 1.35 bits per heavy atom. The molecule has 1 aromatic rings. The van der Waals surface area contributed by atoms with E-state index in [0.29, 0.717) is 18.0 Å². The zero-order valence-corrected chi connectivity index (χ0v) is 17.6. The molecule has 0 radical (unpaired) electrons. The largest absolute Gasteiger partial charge is 0.356 e. The molecule has 1 aliphatic carbocycles. The first-order valence-corrected chi connectivity index (χ1v) is 10.8. The lowest BCUT2D eigenvalue weighted by Crippen LogP contribution is -2.48. The Kier molecular flexibility index (Phi) is 6.95. The minimum absolute atomic E-state index is 0.523. The van der Waals surface area contributed by atoms with E-state index in [1.807, 2.05) is 18.4 Å². The molecule has 6 heteroatoms. The molecule has 3 rings (SSSR count). The summed E-state index contributed by atoms with van der Waals surface area (Å²) in [6, 6.07) is 5.59. The van der Waals surface area contributed by atoms with Gasteiger partial charge in [-0.15, -0.1) is 11.3 Å². The molecular formula is C20H35N5S. The van der Waals surface area contributed by atoms with Crippen molar-refractivity contribution in [2.75, 3.05) is 47.8 Å². The van der Waals surface area contributed by atoms with Crippen molar-refractivity contribution < 1.29 is 0 Å². The molecule has 0 amide bonds. The normalized spacial score (nSPS) is 26.1. The molecule has 26 heavy (non-hydrogen) atoms. The number of hydrogen-bond acceptors (Lipinski definition) is 4. The maximum absolute atomic E-state index is 4.46. The van der Waals surface area contributed by atoms with Gasteiger partial charge in [-0.25, -0.2) is 0 Å². The number of likely N-dealkylation sites (tertiary alicyclic amines) is 1. The summed E-state index contributed by atoms with van der Waals surface area (Å²) in [4.78, 5) is 10.8. The quantitative estimate of drug-likeness (QED) is 0.566. The number of aliphatic imine (C=N–C) groups is 1. The molecule has 2 heterocycles. The Hall–Kier alpha value is -1.11. The third-order valence-electron chi connectivity index (χ3n) is 5.91. The molecule has 1 aliphatic heterocycles. The minimum Gasteiger partial charge on any atom is -0.356 e. The van der Waals surface area contributed by atoms with Crippen molar-refractivity contribution in [3.63, 3.8) is 0 Å². The highest BCUT2D eigenvalue weighted by Crippen LogP contribution is 2.37. The molecule has 2 aliphatic rings. The molecule has 1 saturated heterocycles. The summed E-state index contributed by atoms with van der Waals surface area (Å²) in [5.41, 5.74) is 0. The van der Waals surface area contributed by atoms with Crippen LogP contribution in [-0.4, -0.2) is 69.6 Å². The van der Waals surface area contributed by atoms with Crippen LogP contribution < -0.4 is 10.6 Å². The summed E-state index contributed by atoms with van der Waals surface area (Å²) in [6.07, 6.45) is 5.29. The molecule has 0 aromatic carbocycles. The van der Waals surface area contributed by atoms with Gasteiger partial charge in [0.15, 0.2) is 5.96 Å². The van der Waals surface area contributed by atoms with Crippen molar-refractivity contribution >= 4 is 17.3 Å². The van der Waals surface area contributed by atoms with Crippen LogP contribution in [0.3, 0.4) is 0 Å². The van der Waals surface area contributed by atoms with Gasteiger partial charge in [-0.1, -0.05) is 6.07 Å². The van der Waals surface area contributed by atoms with E-state index in [0.717, 1.165) is 25.0 Å². The van der Waals surface area contributed by atoms with E-state index < -0.39 is 0 Å². The molecule has 1 aromatic heterocycles. The Bertz CT molecular complexity index is 565. The topological polar surface area (TPSA) is 42.9 Å². The number of guanidine groups is 1. The first-order valence-electron chi connectivity index (χ1n) is 9.94. The van der Waals surface area contributed by atoms with Gasteiger partial charge in [0.05, 0.1) is 0 Å². The summed E-state index contributed by atoms with van der Waals surface area (Å²) < 4.78 is 0. The summed E-state index contributed by atoms with van der Waals surface area (Å²) in [5, 5.41) is 9.36. The number of nitrogens with one attached hydrogen (secondary N) is 2. The molecule has 0 spiro atoms. The smallest absolute Gasteiger partial charge is 0.191 e. The van der Waals surface area contributed by atoms with Gasteiger partial charge in [-0.05, 0) is 76.7 Å². The first kappa shape index (κ1) is 19.6. The standard InChI is InChI=1S/C20H35N5S/c1-21-20(23-14-17(24(2)3)15-9-10-15)22-13-16-7-5-11-25(4)19(16)18-8-6-12-26-18/h6,8,12,15-17,19H,5,7,9-11,13-14H2,1-4H3,(H2,21,22,23). The summed E-state index contributed by atoms with van der Waals surface area (Å²) in [7, 11) is 8.51. The average Bonchev–Trinajstić information content (AvgIpc) is 3.31. The zero-order valence-electron chi connectivity index (χ0n) is 16.7. The van der Waals surface area contributed by atoms with Crippen LogP contribution in [-0.2, 0) is 0 Å². The van der Waals surface area contributed by atoms with Crippen LogP contribution in [0.25, 0.3) is 0 Å². The lowest BCUT2D eigenvalue weighted by atomic mass is 9.88. The summed E-state index contributed by atoms with van der Waals surface area (Å²) >= 11 is 1.88. The molecule has 146 valence electrons. The molecule has 2 fully saturated rings. The number of nitrogens with zero attached hydrogens (tertiary/aromatic N) is 3. The van der Waals surface area contributed by atoms with Gasteiger partial charge in [0.2, 0.25) is 0 Å². The van der Waals surface area contributed by atoms with E-state index in [1.165, 1.54) is 37.1 Å². The monoisotopic (exact) mass is 377 g/mol. The fourth-order valence-electron chi connectivity index (χ4n) is 4.28. The molecule has 5 nitrogen and oxygen atoms in total. The van der Waals surface area contributed by atoms with Crippen molar-refractivity contribution in [1.29, 1.82) is 0 Å². The van der Waals surface area contributed by atoms with Crippen molar-refractivity contribution in [3.05, 3.63) is 22.4 Å². The maximum atomic E-state index is 4.46. The van der Waals surface area contributed by atoms with Crippen LogP contribution >= 0.6 is 11.3 Å². The highest BCUT2D eigenvalue weighted by Gasteiger charge is 2.33. The second kappa shape index (κ2) is 9.20. The lowest BCUT2D eigenvalue weighted by molar-refractivity contribution is 0.125. The maximum Gasteiger partial charge on any atom is 0.191 e. The molecule has 3 unspecified atom stereocenters. The Morgan fingerprint density at radius 2 is 2.15 bits per heavy atom. The Labute approximate surface area is 162 Å². The number of piperidine rings is 1. The molecule has 2 N–H and O–H groups in total. The number of hydrogen-bond donors (Lipinski definition) is 2. The van der Waals surface area contributed by atoms with E-state index in [2.05, 4.69) is 64.1 Å². The summed E-state index contributed by atoms with van der Waals surface area (Å²) in [6.45, 7) is 3.14. The van der Waals surface area contributed by atoms with Gasteiger partial charge in [0.25, 0.3) is 0 Å². The van der Waals surface area contributed by atoms with Crippen molar-refractivity contribution in [1.82, 2.24) is 20.4 Å². The van der Waals surface area contributed by atoms with Crippen LogP contribution in [0.2, 0.25) is 0 Å². The van der Waals surface area contributed by atoms with E-state index >= 15 is 0 Å². The molecule has 0 bridgehead atoms. The van der Waals surface area contributed by atoms with Gasteiger partial charge >= 0.3 is 0 Å². The Morgan fingerprint density at radius 3 is 2.77 bits per heavy atom. The van der Waals surface area contributed by atoms with Gasteiger partial charge in [-0.3, -0.25) is 9.89 Å². The van der Waals surface area contributed by atoms with E-state index in [-0.39, 0.29) is 0 Å². The number of likely N-dealkylation sites (N-methyl/N-ethyl adjacent to an activating group) is 1. The van der Waals surface area contributed by atoms with Gasteiger partial charge in [0.1, 0.15) is 0 Å². The predicted octanol–water partition coefficient (Wildman–Crippen LogP) is 2.64. The van der Waals surface area contributed by atoms with E-state index in [9.17, 15) is 0 Å². The molecular weight excluding hydrogens is 342 g/mol. The SMILES string of the molecule is CN=C(NCC1CCCN(C)C1c1cccs1)NCC(C1CC1)N(C)C. The fraction of sp³-hybridized carbons (Fsp3) is 0.750. The van der Waals surface area contributed by atoms with Crippen molar-refractivity contribution in [3.8, 4) is 0 Å². The fourth-order valence-corrected chi connectivity index (χ4v) is 5.27. The Balaban J connectivity index is 1.53. The van der Waals surface area contributed by atoms with Crippen LogP contribution in [0.1, 0.15) is 36.6 Å². The lowest BCUT2D eigenvalue weighted by Gasteiger charge is -2.39. The van der Waals surface area contributed by atoms with E-state index in [4.69, 9.17) is 0 Å². The third kappa shape index (κ3) is 4.99.